The topological polar surface area (TPSA) is 75.4 Å². The third kappa shape index (κ3) is 2.84. The maximum absolute atomic E-state index is 11.9. The molecule has 0 spiro atoms. The van der Waals surface area contributed by atoms with Gasteiger partial charge in [0.2, 0.25) is 0 Å². The van der Waals surface area contributed by atoms with E-state index in [0.29, 0.717) is 19.6 Å². The van der Waals surface area contributed by atoms with Crippen LogP contribution in [0.25, 0.3) is 0 Å². The Balaban J connectivity index is 2.12. The number of hydrogen-bond acceptors (Lipinski definition) is 3. The van der Waals surface area contributed by atoms with E-state index in [1.807, 2.05) is 24.3 Å². The quantitative estimate of drug-likeness (QED) is 0.785. The molecule has 1 aromatic carbocycles. The van der Waals surface area contributed by atoms with Gasteiger partial charge in [0.05, 0.1) is 0 Å². The van der Waals surface area contributed by atoms with Crippen molar-refractivity contribution in [1.82, 2.24) is 9.03 Å². The molecule has 3 N–H and O–H groups in total. The van der Waals surface area contributed by atoms with Crippen molar-refractivity contribution in [3.63, 3.8) is 0 Å². The van der Waals surface area contributed by atoms with Crippen molar-refractivity contribution in [2.75, 3.05) is 19.6 Å². The van der Waals surface area contributed by atoms with Gasteiger partial charge in [-0.2, -0.15) is 12.7 Å². The molecular weight excluding hydrogens is 238 g/mol. The molecule has 0 aromatic heterocycles. The summed E-state index contributed by atoms with van der Waals surface area (Å²) in [6.07, 6.45) is 0.764. The zero-order chi connectivity index (χ0) is 12.3. The Morgan fingerprint density at radius 2 is 2.00 bits per heavy atom. The lowest BCUT2D eigenvalue weighted by Crippen LogP contribution is -2.44. The summed E-state index contributed by atoms with van der Waals surface area (Å²) < 4.78 is 27.8. The van der Waals surface area contributed by atoms with Gasteiger partial charge in [-0.25, -0.2) is 4.72 Å². The number of hydrogen-bond donors (Lipinski definition) is 2. The van der Waals surface area contributed by atoms with E-state index in [-0.39, 0.29) is 6.54 Å². The molecule has 0 amide bonds. The molecule has 17 heavy (non-hydrogen) atoms. The summed E-state index contributed by atoms with van der Waals surface area (Å²) in [5.41, 5.74) is 7.61. The van der Waals surface area contributed by atoms with Gasteiger partial charge in [0.15, 0.2) is 0 Å². The fraction of sp³-hybridized carbons (Fsp3) is 0.455. The molecule has 0 fully saturated rings. The summed E-state index contributed by atoms with van der Waals surface area (Å²) in [5.74, 6) is 0. The Hall–Kier alpha value is -0.950. The van der Waals surface area contributed by atoms with Crippen molar-refractivity contribution in [2.45, 2.75) is 13.0 Å². The van der Waals surface area contributed by atoms with Crippen LogP contribution >= 0.6 is 0 Å². The number of rotatable bonds is 4. The molecule has 1 aliphatic rings. The van der Waals surface area contributed by atoms with Crippen molar-refractivity contribution in [3.05, 3.63) is 35.4 Å². The molecule has 1 aromatic rings. The van der Waals surface area contributed by atoms with Crippen molar-refractivity contribution >= 4 is 10.2 Å². The zero-order valence-electron chi connectivity index (χ0n) is 9.59. The Labute approximate surface area is 102 Å². The highest BCUT2D eigenvalue weighted by Crippen LogP contribution is 2.19. The van der Waals surface area contributed by atoms with Crippen LogP contribution in [0.15, 0.2) is 24.3 Å². The number of nitrogens with one attached hydrogen (secondary N) is 1. The van der Waals surface area contributed by atoms with Crippen LogP contribution in [0, 0.1) is 0 Å². The van der Waals surface area contributed by atoms with E-state index >= 15 is 0 Å². The number of fused-ring (bicyclic) bond motifs is 1. The second-order valence-electron chi connectivity index (χ2n) is 4.04. The average Bonchev–Trinajstić information content (AvgIpc) is 2.36. The van der Waals surface area contributed by atoms with Gasteiger partial charge in [-0.1, -0.05) is 24.3 Å². The fourth-order valence-corrected chi connectivity index (χ4v) is 3.15. The molecule has 0 saturated heterocycles. The minimum atomic E-state index is -3.38. The first-order valence-electron chi connectivity index (χ1n) is 5.65. The van der Waals surface area contributed by atoms with Crippen LogP contribution in [0.2, 0.25) is 0 Å². The minimum absolute atomic E-state index is 0.278. The van der Waals surface area contributed by atoms with E-state index in [4.69, 9.17) is 5.73 Å². The van der Waals surface area contributed by atoms with Crippen LogP contribution in [0.5, 0.6) is 0 Å². The predicted molar refractivity (Wildman–Crippen MR) is 66.5 cm³/mol. The van der Waals surface area contributed by atoms with E-state index in [1.54, 1.807) is 0 Å². The first-order valence-corrected chi connectivity index (χ1v) is 7.09. The van der Waals surface area contributed by atoms with E-state index in [9.17, 15) is 8.42 Å². The Bertz CT molecular complexity index is 487. The lowest BCUT2D eigenvalue weighted by Gasteiger charge is -2.27. The second kappa shape index (κ2) is 5.14. The maximum Gasteiger partial charge on any atom is 0.279 e. The van der Waals surface area contributed by atoms with Crippen molar-refractivity contribution in [1.29, 1.82) is 0 Å². The molecule has 0 unspecified atom stereocenters. The second-order valence-corrected chi connectivity index (χ2v) is 5.80. The van der Waals surface area contributed by atoms with Gasteiger partial charge in [0.25, 0.3) is 10.2 Å². The molecule has 0 aliphatic carbocycles. The molecular formula is C11H17N3O2S. The van der Waals surface area contributed by atoms with Crippen LogP contribution in [0.1, 0.15) is 11.1 Å². The Morgan fingerprint density at radius 3 is 2.71 bits per heavy atom. The Morgan fingerprint density at radius 1 is 1.29 bits per heavy atom. The molecule has 6 heteroatoms. The van der Waals surface area contributed by atoms with Gasteiger partial charge in [0, 0.05) is 26.2 Å². The fourth-order valence-electron chi connectivity index (χ4n) is 1.95. The van der Waals surface area contributed by atoms with Gasteiger partial charge >= 0.3 is 0 Å². The molecule has 5 nitrogen and oxygen atoms in total. The average molecular weight is 255 g/mol. The van der Waals surface area contributed by atoms with Crippen LogP contribution < -0.4 is 10.5 Å². The maximum atomic E-state index is 11.9. The number of benzene rings is 1. The van der Waals surface area contributed by atoms with E-state index in [0.717, 1.165) is 12.0 Å². The summed E-state index contributed by atoms with van der Waals surface area (Å²) in [6, 6.07) is 7.93. The summed E-state index contributed by atoms with van der Waals surface area (Å²) >= 11 is 0. The first-order chi connectivity index (χ1) is 8.13. The van der Waals surface area contributed by atoms with E-state index in [1.165, 1.54) is 9.87 Å². The molecule has 0 radical (unpaired) electrons. The minimum Gasteiger partial charge on any atom is -0.329 e. The van der Waals surface area contributed by atoms with E-state index < -0.39 is 10.2 Å². The van der Waals surface area contributed by atoms with Gasteiger partial charge in [-0.15, -0.1) is 0 Å². The van der Waals surface area contributed by atoms with Crippen LogP contribution in [-0.4, -0.2) is 32.4 Å². The molecule has 94 valence electrons. The normalized spacial score (nSPS) is 16.8. The van der Waals surface area contributed by atoms with Crippen molar-refractivity contribution < 1.29 is 8.42 Å². The highest BCUT2D eigenvalue weighted by atomic mass is 32.2. The first kappa shape index (κ1) is 12.5. The molecule has 0 saturated carbocycles. The summed E-state index contributed by atoms with van der Waals surface area (Å²) in [5, 5.41) is 0. The Kier molecular flexibility index (Phi) is 3.78. The largest absolute Gasteiger partial charge is 0.329 e. The molecule has 0 bridgehead atoms. The zero-order valence-corrected chi connectivity index (χ0v) is 10.4. The smallest absolute Gasteiger partial charge is 0.279 e. The number of nitrogens with two attached hydrogens (primary N) is 1. The summed E-state index contributed by atoms with van der Waals surface area (Å²) in [4.78, 5) is 0. The lowest BCUT2D eigenvalue weighted by atomic mass is 10.0. The van der Waals surface area contributed by atoms with Gasteiger partial charge in [-0.3, -0.25) is 0 Å². The highest BCUT2D eigenvalue weighted by Gasteiger charge is 2.25. The van der Waals surface area contributed by atoms with Crippen molar-refractivity contribution in [2.24, 2.45) is 5.73 Å². The molecule has 1 heterocycles. The standard InChI is InChI=1S/C11H17N3O2S/c12-6-7-13-17(15,16)14-8-5-10-3-1-2-4-11(10)9-14/h1-4,13H,5-9,12H2. The molecule has 1 aliphatic heterocycles. The third-order valence-corrected chi connectivity index (χ3v) is 4.42. The van der Waals surface area contributed by atoms with Crippen molar-refractivity contribution in [3.8, 4) is 0 Å². The molecule has 0 atom stereocenters. The number of nitrogens with zero attached hydrogens (tertiary/aromatic N) is 1. The SMILES string of the molecule is NCCNS(=O)(=O)N1CCc2ccccc2C1. The van der Waals surface area contributed by atoms with Gasteiger partial charge in [0.1, 0.15) is 0 Å². The van der Waals surface area contributed by atoms with Crippen LogP contribution in [-0.2, 0) is 23.2 Å². The highest BCUT2D eigenvalue weighted by molar-refractivity contribution is 7.87. The monoisotopic (exact) mass is 255 g/mol. The van der Waals surface area contributed by atoms with Gasteiger partial charge in [-0.05, 0) is 17.5 Å². The summed E-state index contributed by atoms with van der Waals surface area (Å²) in [6.45, 7) is 1.55. The van der Waals surface area contributed by atoms with Gasteiger partial charge < -0.3 is 5.73 Å². The van der Waals surface area contributed by atoms with E-state index in [2.05, 4.69) is 4.72 Å². The van der Waals surface area contributed by atoms with Crippen LogP contribution in [0.4, 0.5) is 0 Å². The molecule has 2 rings (SSSR count). The third-order valence-electron chi connectivity index (χ3n) is 2.86. The predicted octanol–water partition coefficient (Wildman–Crippen LogP) is -0.162. The lowest BCUT2D eigenvalue weighted by molar-refractivity contribution is 0.384. The van der Waals surface area contributed by atoms with Crippen LogP contribution in [0.3, 0.4) is 0 Å². The summed E-state index contributed by atoms with van der Waals surface area (Å²) in [7, 11) is -3.38.